The normalized spacial score (nSPS) is 11.5. The van der Waals surface area contributed by atoms with Gasteiger partial charge in [-0.05, 0) is 60.9 Å². The van der Waals surface area contributed by atoms with Crippen molar-refractivity contribution in [2.75, 3.05) is 19.4 Å². The first-order valence-electron chi connectivity index (χ1n) is 9.86. The molecule has 1 heterocycles. The van der Waals surface area contributed by atoms with Crippen molar-refractivity contribution in [1.82, 2.24) is 9.88 Å². The van der Waals surface area contributed by atoms with Gasteiger partial charge < -0.3 is 15.0 Å². The van der Waals surface area contributed by atoms with Gasteiger partial charge in [0, 0.05) is 30.8 Å². The fourth-order valence-corrected chi connectivity index (χ4v) is 4.04. The Balaban J connectivity index is 2.05. The van der Waals surface area contributed by atoms with Crippen LogP contribution in [0.5, 0.6) is 0 Å². The third-order valence-electron chi connectivity index (χ3n) is 5.00. The van der Waals surface area contributed by atoms with Crippen molar-refractivity contribution in [2.45, 2.75) is 24.7 Å². The Morgan fingerprint density at radius 2 is 1.84 bits per heavy atom. The highest BCUT2D eigenvalue weighted by Crippen LogP contribution is 2.31. The second-order valence-corrected chi connectivity index (χ2v) is 9.37. The summed E-state index contributed by atoms with van der Waals surface area (Å²) in [6, 6.07) is 14.5. The summed E-state index contributed by atoms with van der Waals surface area (Å²) in [5.74, 6) is -0.556. The fourth-order valence-electron chi connectivity index (χ4n) is 3.41. The van der Waals surface area contributed by atoms with Gasteiger partial charge in [-0.25, -0.2) is 12.8 Å². The summed E-state index contributed by atoms with van der Waals surface area (Å²) in [6.07, 6.45) is 1.76. The van der Waals surface area contributed by atoms with E-state index < -0.39 is 9.84 Å². The lowest BCUT2D eigenvalue weighted by Gasteiger charge is -2.13. The number of aliphatic hydroxyl groups excluding tert-OH is 1. The molecule has 6 nitrogen and oxygen atoms in total. The van der Waals surface area contributed by atoms with E-state index in [0.717, 1.165) is 28.8 Å². The lowest BCUT2D eigenvalue weighted by Crippen LogP contribution is -2.26. The van der Waals surface area contributed by atoms with E-state index in [2.05, 4.69) is 5.32 Å². The lowest BCUT2D eigenvalue weighted by atomic mass is 10.1. The average Bonchev–Trinajstić information content (AvgIpc) is 3.03. The Morgan fingerprint density at radius 3 is 2.45 bits per heavy atom. The first-order chi connectivity index (χ1) is 14.7. The van der Waals surface area contributed by atoms with E-state index in [0.29, 0.717) is 18.7 Å². The molecule has 1 aromatic heterocycles. The highest BCUT2D eigenvalue weighted by atomic mass is 32.2. The Hall–Kier alpha value is -2.97. The van der Waals surface area contributed by atoms with Crippen LogP contribution in [-0.4, -0.2) is 43.4 Å². The molecule has 31 heavy (non-hydrogen) atoms. The molecule has 2 aromatic carbocycles. The zero-order chi connectivity index (χ0) is 22.6. The van der Waals surface area contributed by atoms with Gasteiger partial charge in [0.2, 0.25) is 5.91 Å². The fraction of sp³-hybridized carbons (Fsp3) is 0.261. The molecule has 0 unspecified atom stereocenters. The van der Waals surface area contributed by atoms with Crippen LogP contribution in [0.25, 0.3) is 16.9 Å². The molecule has 0 aliphatic rings. The van der Waals surface area contributed by atoms with E-state index >= 15 is 0 Å². The number of nitrogens with zero attached hydrogens (tertiary/aromatic N) is 1. The maximum absolute atomic E-state index is 13.9. The molecule has 0 saturated carbocycles. The predicted octanol–water partition coefficient (Wildman–Crippen LogP) is 3.04. The van der Waals surface area contributed by atoms with E-state index in [9.17, 15) is 17.6 Å². The van der Waals surface area contributed by atoms with Gasteiger partial charge in [-0.15, -0.1) is 0 Å². The minimum atomic E-state index is -3.33. The molecule has 0 spiro atoms. The van der Waals surface area contributed by atoms with Crippen LogP contribution in [-0.2, 0) is 21.1 Å². The molecule has 164 valence electrons. The maximum Gasteiger partial charge on any atom is 0.224 e. The van der Waals surface area contributed by atoms with Crippen molar-refractivity contribution < 1.29 is 22.7 Å². The first-order valence-corrected chi connectivity index (χ1v) is 11.7. The third-order valence-corrected chi connectivity index (χ3v) is 6.13. The number of aromatic nitrogens is 1. The average molecular weight is 445 g/mol. The van der Waals surface area contributed by atoms with Crippen molar-refractivity contribution in [3.05, 3.63) is 71.7 Å². The Morgan fingerprint density at radius 1 is 1.13 bits per heavy atom. The summed E-state index contributed by atoms with van der Waals surface area (Å²) < 4.78 is 39.4. The molecular formula is C23H25FN2O4S. The quantitative estimate of drug-likeness (QED) is 0.523. The van der Waals surface area contributed by atoms with Crippen molar-refractivity contribution in [1.29, 1.82) is 0 Å². The summed E-state index contributed by atoms with van der Waals surface area (Å²) in [4.78, 5) is 12.5. The molecule has 0 aliphatic heterocycles. The van der Waals surface area contributed by atoms with Crippen LogP contribution in [0.2, 0.25) is 0 Å². The lowest BCUT2D eigenvalue weighted by molar-refractivity contribution is -0.120. The molecule has 0 saturated heterocycles. The van der Waals surface area contributed by atoms with Gasteiger partial charge in [0.1, 0.15) is 5.82 Å². The van der Waals surface area contributed by atoms with Crippen molar-refractivity contribution in [3.8, 4) is 16.9 Å². The van der Waals surface area contributed by atoms with Crippen LogP contribution in [0.15, 0.2) is 59.5 Å². The summed E-state index contributed by atoms with van der Waals surface area (Å²) in [5, 5.41) is 11.6. The minimum Gasteiger partial charge on any atom is -0.396 e. The van der Waals surface area contributed by atoms with Gasteiger partial charge in [-0.3, -0.25) is 4.79 Å². The second kappa shape index (κ2) is 9.45. The van der Waals surface area contributed by atoms with Gasteiger partial charge in [0.05, 0.1) is 17.0 Å². The zero-order valence-corrected chi connectivity index (χ0v) is 18.2. The number of rotatable bonds is 8. The smallest absolute Gasteiger partial charge is 0.224 e. The van der Waals surface area contributed by atoms with Gasteiger partial charge in [-0.1, -0.05) is 18.2 Å². The molecule has 0 aliphatic carbocycles. The Labute approximate surface area is 181 Å². The first kappa shape index (κ1) is 22.7. The Bertz CT molecular complexity index is 1180. The summed E-state index contributed by atoms with van der Waals surface area (Å²) in [7, 11) is -3.33. The number of nitrogens with one attached hydrogen (secondary N) is 1. The summed E-state index contributed by atoms with van der Waals surface area (Å²) in [5.41, 5.74) is 3.62. The third kappa shape index (κ3) is 5.39. The number of carbonyl (C=O) groups is 1. The number of benzene rings is 2. The number of halogens is 1. The zero-order valence-electron chi connectivity index (χ0n) is 17.4. The molecule has 0 radical (unpaired) electrons. The van der Waals surface area contributed by atoms with Crippen LogP contribution in [0, 0.1) is 12.7 Å². The number of carbonyl (C=O) groups excluding carboxylic acids is 1. The molecule has 1 amide bonds. The SMILES string of the molecule is Cc1c(CC(=O)NCCCO)cc(-c2ccc(S(C)(=O)=O)cc2)n1-c1cccc(F)c1. The van der Waals surface area contributed by atoms with Crippen LogP contribution >= 0.6 is 0 Å². The minimum absolute atomic E-state index is 0.00286. The molecule has 2 N–H and O–H groups in total. The van der Waals surface area contributed by atoms with Gasteiger partial charge in [0.25, 0.3) is 0 Å². The van der Waals surface area contributed by atoms with E-state index in [-0.39, 0.29) is 29.6 Å². The highest BCUT2D eigenvalue weighted by Gasteiger charge is 2.18. The van der Waals surface area contributed by atoms with Gasteiger partial charge >= 0.3 is 0 Å². The van der Waals surface area contributed by atoms with Crippen molar-refractivity contribution >= 4 is 15.7 Å². The van der Waals surface area contributed by atoms with Gasteiger partial charge in [0.15, 0.2) is 9.84 Å². The molecule has 0 fully saturated rings. The summed E-state index contributed by atoms with van der Waals surface area (Å²) in [6.45, 7) is 2.25. The van der Waals surface area contributed by atoms with Crippen LogP contribution in [0.1, 0.15) is 17.7 Å². The molecule has 0 atom stereocenters. The highest BCUT2D eigenvalue weighted by molar-refractivity contribution is 7.90. The Kier molecular flexibility index (Phi) is 6.92. The van der Waals surface area contributed by atoms with E-state index in [1.807, 2.05) is 17.6 Å². The van der Waals surface area contributed by atoms with Gasteiger partial charge in [-0.2, -0.15) is 0 Å². The number of aliphatic hydroxyl groups is 1. The second-order valence-electron chi connectivity index (χ2n) is 7.36. The van der Waals surface area contributed by atoms with E-state index in [1.54, 1.807) is 24.3 Å². The van der Waals surface area contributed by atoms with E-state index in [4.69, 9.17) is 5.11 Å². The predicted molar refractivity (Wildman–Crippen MR) is 117 cm³/mol. The van der Waals surface area contributed by atoms with E-state index in [1.165, 1.54) is 24.3 Å². The number of hydrogen-bond donors (Lipinski definition) is 2. The monoisotopic (exact) mass is 444 g/mol. The van der Waals surface area contributed by atoms with Crippen LogP contribution in [0.4, 0.5) is 4.39 Å². The molecular weight excluding hydrogens is 419 g/mol. The van der Waals surface area contributed by atoms with Crippen molar-refractivity contribution in [3.63, 3.8) is 0 Å². The number of sulfone groups is 1. The topological polar surface area (TPSA) is 88.4 Å². The summed E-state index contributed by atoms with van der Waals surface area (Å²) >= 11 is 0. The maximum atomic E-state index is 13.9. The number of amides is 1. The van der Waals surface area contributed by atoms with Crippen LogP contribution in [0.3, 0.4) is 0 Å². The van der Waals surface area contributed by atoms with Crippen LogP contribution < -0.4 is 5.32 Å². The standard InChI is InChI=1S/C23H25FN2O4S/c1-16-18(14-23(28)25-11-4-12-27)13-22(26(16)20-6-3-5-19(24)15-20)17-7-9-21(10-8-17)31(2,29)30/h3,5-10,13,15,27H,4,11-12,14H2,1-2H3,(H,25,28). The molecule has 3 aromatic rings. The largest absolute Gasteiger partial charge is 0.396 e. The molecule has 8 heteroatoms. The molecule has 0 bridgehead atoms. The van der Waals surface area contributed by atoms with Crippen molar-refractivity contribution in [2.24, 2.45) is 0 Å². The molecule has 3 rings (SSSR count). The number of hydrogen-bond acceptors (Lipinski definition) is 4.